The summed E-state index contributed by atoms with van der Waals surface area (Å²) < 4.78 is 0. The first-order valence-corrected chi connectivity index (χ1v) is 5.94. The summed E-state index contributed by atoms with van der Waals surface area (Å²) in [6.45, 7) is 2.20. The van der Waals surface area contributed by atoms with E-state index < -0.39 is 0 Å². The molecule has 18 heavy (non-hydrogen) atoms. The summed E-state index contributed by atoms with van der Waals surface area (Å²) in [7, 11) is 0. The van der Waals surface area contributed by atoms with Gasteiger partial charge in [-0.25, -0.2) is 0 Å². The number of hydrogen-bond acceptors (Lipinski definition) is 3. The van der Waals surface area contributed by atoms with E-state index in [0.717, 1.165) is 11.1 Å². The van der Waals surface area contributed by atoms with Gasteiger partial charge < -0.3 is 0 Å². The van der Waals surface area contributed by atoms with E-state index in [1.54, 1.807) is 12.1 Å². The number of aryl methyl sites for hydroxylation is 1. The molecule has 2 rings (SSSR count). The number of rotatable bonds is 2. The maximum atomic E-state index is 11.7. The number of nitriles is 1. The van der Waals surface area contributed by atoms with Crippen molar-refractivity contribution >= 4 is 11.8 Å². The van der Waals surface area contributed by atoms with Crippen molar-refractivity contribution in [2.24, 2.45) is 0 Å². The van der Waals surface area contributed by atoms with Crippen LogP contribution in [0.5, 0.6) is 0 Å². The number of likely N-dealkylation sites (tertiary alicyclic amines) is 1. The third kappa shape index (κ3) is 2.40. The van der Waals surface area contributed by atoms with Gasteiger partial charge in [-0.05, 0) is 36.6 Å². The van der Waals surface area contributed by atoms with Gasteiger partial charge in [0.25, 0.3) is 0 Å². The van der Waals surface area contributed by atoms with Crippen molar-refractivity contribution in [2.45, 2.75) is 32.7 Å². The van der Waals surface area contributed by atoms with Crippen molar-refractivity contribution in [3.63, 3.8) is 0 Å². The second kappa shape index (κ2) is 5.01. The van der Waals surface area contributed by atoms with Gasteiger partial charge in [-0.15, -0.1) is 0 Å². The molecule has 1 aliphatic rings. The van der Waals surface area contributed by atoms with Gasteiger partial charge in [0, 0.05) is 12.8 Å². The molecule has 92 valence electrons. The Labute approximate surface area is 106 Å². The number of imide groups is 1. The number of amides is 2. The lowest BCUT2D eigenvalue weighted by atomic mass is 10.0. The van der Waals surface area contributed by atoms with E-state index in [9.17, 15) is 9.59 Å². The molecule has 0 spiro atoms. The van der Waals surface area contributed by atoms with Crippen LogP contribution in [0.15, 0.2) is 18.2 Å². The largest absolute Gasteiger partial charge is 0.278 e. The van der Waals surface area contributed by atoms with Crippen LogP contribution >= 0.6 is 0 Å². The lowest BCUT2D eigenvalue weighted by Gasteiger charge is -2.25. The number of hydrogen-bond donors (Lipinski definition) is 0. The van der Waals surface area contributed by atoms with Crippen LogP contribution in [-0.4, -0.2) is 16.7 Å². The second-order valence-electron chi connectivity index (χ2n) is 4.48. The van der Waals surface area contributed by atoms with Gasteiger partial charge in [0.05, 0.1) is 18.2 Å². The summed E-state index contributed by atoms with van der Waals surface area (Å²) in [5.41, 5.74) is 2.44. The molecule has 0 atom stereocenters. The van der Waals surface area contributed by atoms with Gasteiger partial charge in [0.15, 0.2) is 0 Å². The topological polar surface area (TPSA) is 61.2 Å². The molecular weight excluding hydrogens is 228 g/mol. The average molecular weight is 242 g/mol. The molecule has 1 aromatic rings. The summed E-state index contributed by atoms with van der Waals surface area (Å²) in [5.74, 6) is -0.204. The molecule has 0 radical (unpaired) electrons. The number of carbonyl (C=O) groups is 2. The molecule has 2 amide bonds. The van der Waals surface area contributed by atoms with Crippen LogP contribution in [0.1, 0.15) is 36.0 Å². The van der Waals surface area contributed by atoms with E-state index in [-0.39, 0.29) is 11.8 Å². The van der Waals surface area contributed by atoms with E-state index in [1.807, 2.05) is 13.0 Å². The van der Waals surface area contributed by atoms with Gasteiger partial charge in [-0.3, -0.25) is 14.5 Å². The molecular formula is C14H14N2O2. The zero-order valence-corrected chi connectivity index (χ0v) is 10.3. The van der Waals surface area contributed by atoms with E-state index in [1.165, 1.54) is 4.90 Å². The van der Waals surface area contributed by atoms with E-state index in [4.69, 9.17) is 5.26 Å². The first-order chi connectivity index (χ1) is 8.61. The third-order valence-corrected chi connectivity index (χ3v) is 3.18. The van der Waals surface area contributed by atoms with E-state index in [0.29, 0.717) is 31.4 Å². The average Bonchev–Trinajstić information content (AvgIpc) is 2.35. The van der Waals surface area contributed by atoms with Crippen LogP contribution < -0.4 is 0 Å². The third-order valence-electron chi connectivity index (χ3n) is 3.18. The highest BCUT2D eigenvalue weighted by atomic mass is 16.2. The second-order valence-corrected chi connectivity index (χ2v) is 4.48. The highest BCUT2D eigenvalue weighted by Gasteiger charge is 2.26. The summed E-state index contributed by atoms with van der Waals surface area (Å²) in [6.07, 6.45) is 1.54. The Hall–Kier alpha value is -2.15. The molecule has 1 saturated heterocycles. The quantitative estimate of drug-likeness (QED) is 0.744. The van der Waals surface area contributed by atoms with Crippen molar-refractivity contribution in [2.75, 3.05) is 0 Å². The summed E-state index contributed by atoms with van der Waals surface area (Å²) in [4.78, 5) is 24.7. The van der Waals surface area contributed by atoms with Crippen molar-refractivity contribution in [3.05, 3.63) is 34.9 Å². The SMILES string of the molecule is Cc1cc(C#N)ccc1CN1C(=O)CCCC1=O. The van der Waals surface area contributed by atoms with Crippen LogP contribution in [-0.2, 0) is 16.1 Å². The maximum absolute atomic E-state index is 11.7. The predicted octanol–water partition coefficient (Wildman–Crippen LogP) is 1.91. The fourth-order valence-electron chi connectivity index (χ4n) is 2.09. The minimum Gasteiger partial charge on any atom is -0.278 e. The first-order valence-electron chi connectivity index (χ1n) is 5.94. The maximum Gasteiger partial charge on any atom is 0.229 e. The fourth-order valence-corrected chi connectivity index (χ4v) is 2.09. The Kier molecular flexibility index (Phi) is 3.42. The van der Waals surface area contributed by atoms with Crippen LogP contribution in [0.3, 0.4) is 0 Å². The summed E-state index contributed by atoms with van der Waals surface area (Å²) in [6, 6.07) is 7.36. The van der Waals surface area contributed by atoms with Crippen LogP contribution in [0.2, 0.25) is 0 Å². The molecule has 1 fully saturated rings. The van der Waals surface area contributed by atoms with Crippen molar-refractivity contribution < 1.29 is 9.59 Å². The van der Waals surface area contributed by atoms with Crippen molar-refractivity contribution in [3.8, 4) is 6.07 Å². The van der Waals surface area contributed by atoms with Crippen molar-refractivity contribution in [1.82, 2.24) is 4.90 Å². The molecule has 0 aromatic heterocycles. The van der Waals surface area contributed by atoms with E-state index in [2.05, 4.69) is 6.07 Å². The van der Waals surface area contributed by atoms with Crippen LogP contribution in [0.25, 0.3) is 0 Å². The van der Waals surface area contributed by atoms with Crippen molar-refractivity contribution in [1.29, 1.82) is 5.26 Å². The number of carbonyl (C=O) groups excluding carboxylic acids is 2. The fraction of sp³-hybridized carbons (Fsp3) is 0.357. The summed E-state index contributed by atoms with van der Waals surface area (Å²) in [5, 5.41) is 8.79. The molecule has 1 heterocycles. The predicted molar refractivity (Wildman–Crippen MR) is 65.3 cm³/mol. The lowest BCUT2D eigenvalue weighted by Crippen LogP contribution is -2.39. The Balaban J connectivity index is 2.21. The number of piperidine rings is 1. The standard InChI is InChI=1S/C14H14N2O2/c1-10-7-11(8-15)5-6-12(10)9-16-13(17)3-2-4-14(16)18/h5-7H,2-4,9H2,1H3. The zero-order valence-electron chi connectivity index (χ0n) is 10.3. The van der Waals surface area contributed by atoms with Crippen LogP contribution in [0, 0.1) is 18.3 Å². The molecule has 0 bridgehead atoms. The zero-order chi connectivity index (χ0) is 13.1. The first kappa shape index (κ1) is 12.3. The number of benzene rings is 1. The van der Waals surface area contributed by atoms with Gasteiger partial charge in [0.1, 0.15) is 0 Å². The Morgan fingerprint density at radius 3 is 2.50 bits per heavy atom. The molecule has 1 aromatic carbocycles. The molecule has 4 heteroatoms. The Morgan fingerprint density at radius 2 is 1.94 bits per heavy atom. The molecule has 0 unspecified atom stereocenters. The molecule has 0 saturated carbocycles. The Morgan fingerprint density at radius 1 is 1.28 bits per heavy atom. The summed E-state index contributed by atoms with van der Waals surface area (Å²) >= 11 is 0. The molecule has 0 N–H and O–H groups in total. The normalized spacial score (nSPS) is 15.7. The monoisotopic (exact) mass is 242 g/mol. The lowest BCUT2D eigenvalue weighted by molar-refractivity contribution is -0.148. The number of nitrogens with zero attached hydrogens (tertiary/aromatic N) is 2. The highest BCUT2D eigenvalue weighted by Crippen LogP contribution is 2.18. The highest BCUT2D eigenvalue weighted by molar-refractivity contribution is 5.97. The van der Waals surface area contributed by atoms with Gasteiger partial charge in [0.2, 0.25) is 11.8 Å². The van der Waals surface area contributed by atoms with Gasteiger partial charge in [-0.2, -0.15) is 5.26 Å². The minimum absolute atomic E-state index is 0.102. The molecule has 0 aliphatic carbocycles. The Bertz CT molecular complexity index is 527. The minimum atomic E-state index is -0.102. The molecule has 1 aliphatic heterocycles. The molecule has 4 nitrogen and oxygen atoms in total. The smallest absolute Gasteiger partial charge is 0.229 e. The van der Waals surface area contributed by atoms with E-state index >= 15 is 0 Å². The van der Waals surface area contributed by atoms with Gasteiger partial charge in [-0.1, -0.05) is 6.07 Å². The van der Waals surface area contributed by atoms with Crippen LogP contribution in [0.4, 0.5) is 0 Å². The van der Waals surface area contributed by atoms with Gasteiger partial charge >= 0.3 is 0 Å².